The van der Waals surface area contributed by atoms with Crippen molar-refractivity contribution in [1.82, 2.24) is 15.1 Å². The van der Waals surface area contributed by atoms with Crippen LogP contribution in [0, 0.1) is 6.92 Å². The average Bonchev–Trinajstić information content (AvgIpc) is 2.89. The van der Waals surface area contributed by atoms with Crippen molar-refractivity contribution in [3.05, 3.63) is 40.0 Å². The number of hydrogen-bond donors (Lipinski definition) is 1. The summed E-state index contributed by atoms with van der Waals surface area (Å²) >= 11 is 3.55. The Morgan fingerprint density at radius 1 is 1.59 bits per heavy atom. The number of hydrogen-bond acceptors (Lipinski definition) is 3. The Hall–Kier alpha value is -1.07. The van der Waals surface area contributed by atoms with Gasteiger partial charge in [0.25, 0.3) is 0 Å². The molecule has 4 nitrogen and oxygen atoms in total. The summed E-state index contributed by atoms with van der Waals surface area (Å²) in [6.07, 6.45) is 3.62. The number of nitrogens with zero attached hydrogens (tertiary/aromatic N) is 2. The molecule has 0 aliphatic carbocycles. The largest absolute Gasteiger partial charge is 0.469 e. The highest BCUT2D eigenvalue weighted by molar-refractivity contribution is 9.10. The van der Waals surface area contributed by atoms with Gasteiger partial charge in [0.05, 0.1) is 28.7 Å². The minimum atomic E-state index is 0.0873. The normalized spacial score (nSPS) is 12.9. The van der Waals surface area contributed by atoms with Crippen molar-refractivity contribution in [2.24, 2.45) is 0 Å². The van der Waals surface area contributed by atoms with Crippen LogP contribution in [-0.2, 0) is 6.54 Å². The second-order valence-electron chi connectivity index (χ2n) is 3.91. The van der Waals surface area contributed by atoms with Gasteiger partial charge < -0.3 is 9.73 Å². The fourth-order valence-corrected chi connectivity index (χ4v) is 2.51. The minimum absolute atomic E-state index is 0.0873. The molecule has 1 atom stereocenters. The molecule has 2 aromatic heterocycles. The van der Waals surface area contributed by atoms with Gasteiger partial charge in [-0.2, -0.15) is 5.10 Å². The van der Waals surface area contributed by atoms with Crippen molar-refractivity contribution in [3.63, 3.8) is 0 Å². The smallest absolute Gasteiger partial charge is 0.101 e. The fraction of sp³-hybridized carbons (Fsp3) is 0.417. The second-order valence-corrected chi connectivity index (χ2v) is 4.76. The molecule has 0 saturated carbocycles. The van der Waals surface area contributed by atoms with Crippen LogP contribution < -0.4 is 5.32 Å². The average molecular weight is 298 g/mol. The third kappa shape index (κ3) is 2.30. The van der Waals surface area contributed by atoms with E-state index in [0.717, 1.165) is 28.0 Å². The van der Waals surface area contributed by atoms with Crippen LogP contribution in [-0.4, -0.2) is 16.8 Å². The molecular formula is C12H16BrN3O. The molecule has 2 rings (SSSR count). The molecule has 2 heterocycles. The quantitative estimate of drug-likeness (QED) is 0.944. The van der Waals surface area contributed by atoms with Crippen molar-refractivity contribution in [2.45, 2.75) is 26.4 Å². The van der Waals surface area contributed by atoms with Crippen LogP contribution >= 0.6 is 15.9 Å². The van der Waals surface area contributed by atoms with Gasteiger partial charge in [-0.25, -0.2) is 0 Å². The predicted octanol–water partition coefficient (Wildman–Crippen LogP) is 2.88. The Balaban J connectivity index is 2.44. The molecular weight excluding hydrogens is 282 g/mol. The first-order chi connectivity index (χ1) is 8.17. The van der Waals surface area contributed by atoms with Crippen LogP contribution in [0.1, 0.15) is 30.0 Å². The maximum absolute atomic E-state index is 5.37. The van der Waals surface area contributed by atoms with Crippen LogP contribution in [0.4, 0.5) is 0 Å². The number of aromatic nitrogens is 2. The summed E-state index contributed by atoms with van der Waals surface area (Å²) in [6, 6.07) is 2.13. The van der Waals surface area contributed by atoms with Crippen molar-refractivity contribution in [1.29, 1.82) is 0 Å². The lowest BCUT2D eigenvalue weighted by atomic mass is 10.1. The molecule has 2 aromatic rings. The highest BCUT2D eigenvalue weighted by atomic mass is 79.9. The minimum Gasteiger partial charge on any atom is -0.469 e. The van der Waals surface area contributed by atoms with E-state index < -0.39 is 0 Å². The number of furan rings is 1. The number of halogens is 1. The summed E-state index contributed by atoms with van der Waals surface area (Å²) < 4.78 is 8.37. The van der Waals surface area contributed by atoms with Crippen LogP contribution in [0.3, 0.4) is 0 Å². The second kappa shape index (κ2) is 5.06. The van der Waals surface area contributed by atoms with Gasteiger partial charge in [-0.15, -0.1) is 0 Å². The third-order valence-electron chi connectivity index (χ3n) is 2.78. The monoisotopic (exact) mass is 297 g/mol. The van der Waals surface area contributed by atoms with E-state index in [1.165, 1.54) is 0 Å². The molecule has 0 radical (unpaired) electrons. The van der Waals surface area contributed by atoms with Gasteiger partial charge in [0.1, 0.15) is 5.76 Å². The highest BCUT2D eigenvalue weighted by Gasteiger charge is 2.21. The first-order valence-electron chi connectivity index (χ1n) is 5.60. The molecule has 1 N–H and O–H groups in total. The Morgan fingerprint density at radius 3 is 2.88 bits per heavy atom. The molecule has 0 aliphatic rings. The molecule has 0 aliphatic heterocycles. The first kappa shape index (κ1) is 12.4. The summed E-state index contributed by atoms with van der Waals surface area (Å²) in [6.45, 7) is 4.87. The maximum atomic E-state index is 5.37. The Labute approximate surface area is 109 Å². The van der Waals surface area contributed by atoms with E-state index in [9.17, 15) is 0 Å². The van der Waals surface area contributed by atoms with Gasteiger partial charge in [0.15, 0.2) is 0 Å². The Bertz CT molecular complexity index is 504. The van der Waals surface area contributed by atoms with Gasteiger partial charge in [0.2, 0.25) is 0 Å². The van der Waals surface area contributed by atoms with E-state index in [4.69, 9.17) is 4.42 Å². The van der Waals surface area contributed by atoms with Crippen LogP contribution in [0.15, 0.2) is 27.4 Å². The zero-order valence-electron chi connectivity index (χ0n) is 10.2. The zero-order valence-corrected chi connectivity index (χ0v) is 11.8. The molecule has 0 bridgehead atoms. The Morgan fingerprint density at radius 2 is 2.35 bits per heavy atom. The summed E-state index contributed by atoms with van der Waals surface area (Å²) in [5.41, 5.74) is 2.23. The molecule has 0 fully saturated rings. The van der Waals surface area contributed by atoms with Crippen molar-refractivity contribution >= 4 is 15.9 Å². The van der Waals surface area contributed by atoms with Crippen LogP contribution in [0.25, 0.3) is 0 Å². The molecule has 0 aromatic carbocycles. The van der Waals surface area contributed by atoms with Crippen molar-refractivity contribution in [3.8, 4) is 0 Å². The summed E-state index contributed by atoms with van der Waals surface area (Å²) in [5, 5.41) is 7.63. The SMILES string of the molecule is CCn1ncc(Br)c1C(NC)c1coc(C)c1. The zero-order chi connectivity index (χ0) is 12.4. The Kier molecular flexibility index (Phi) is 3.69. The van der Waals surface area contributed by atoms with Crippen LogP contribution in [0.2, 0.25) is 0 Å². The number of aryl methyl sites for hydroxylation is 2. The molecule has 1 unspecified atom stereocenters. The van der Waals surface area contributed by atoms with Gasteiger partial charge in [-0.1, -0.05) is 0 Å². The lowest BCUT2D eigenvalue weighted by Crippen LogP contribution is -2.21. The van der Waals surface area contributed by atoms with E-state index in [1.54, 1.807) is 6.26 Å². The van der Waals surface area contributed by atoms with E-state index in [1.807, 2.05) is 30.9 Å². The standard InChI is InChI=1S/C12H16BrN3O/c1-4-16-12(10(13)6-15-16)11(14-3)9-5-8(2)17-7-9/h5-7,11,14H,4H2,1-3H3. The van der Waals surface area contributed by atoms with Gasteiger partial charge in [-0.3, -0.25) is 4.68 Å². The van der Waals surface area contributed by atoms with Gasteiger partial charge in [0, 0.05) is 12.1 Å². The number of rotatable bonds is 4. The molecule has 17 heavy (non-hydrogen) atoms. The van der Waals surface area contributed by atoms with E-state index in [-0.39, 0.29) is 6.04 Å². The number of nitrogens with one attached hydrogen (secondary N) is 1. The summed E-state index contributed by atoms with van der Waals surface area (Å²) in [5.74, 6) is 0.916. The molecule has 0 amide bonds. The first-order valence-corrected chi connectivity index (χ1v) is 6.40. The van der Waals surface area contributed by atoms with E-state index in [0.29, 0.717) is 0 Å². The molecule has 0 spiro atoms. The van der Waals surface area contributed by atoms with E-state index >= 15 is 0 Å². The molecule has 0 saturated heterocycles. The predicted molar refractivity (Wildman–Crippen MR) is 69.9 cm³/mol. The summed E-state index contributed by atoms with van der Waals surface area (Å²) in [4.78, 5) is 0. The van der Waals surface area contributed by atoms with Crippen LogP contribution in [0.5, 0.6) is 0 Å². The van der Waals surface area contributed by atoms with E-state index in [2.05, 4.69) is 33.3 Å². The topological polar surface area (TPSA) is 43.0 Å². The highest BCUT2D eigenvalue weighted by Crippen LogP contribution is 2.29. The maximum Gasteiger partial charge on any atom is 0.101 e. The molecule has 92 valence electrons. The van der Waals surface area contributed by atoms with Gasteiger partial charge in [-0.05, 0) is 42.9 Å². The van der Waals surface area contributed by atoms with Gasteiger partial charge >= 0.3 is 0 Å². The lowest BCUT2D eigenvalue weighted by Gasteiger charge is -2.16. The van der Waals surface area contributed by atoms with Crippen molar-refractivity contribution in [2.75, 3.05) is 7.05 Å². The molecule has 5 heteroatoms. The summed E-state index contributed by atoms with van der Waals surface area (Å²) in [7, 11) is 1.94. The fourth-order valence-electron chi connectivity index (χ4n) is 1.99. The lowest BCUT2D eigenvalue weighted by molar-refractivity contribution is 0.520. The van der Waals surface area contributed by atoms with Crippen molar-refractivity contribution < 1.29 is 4.42 Å². The third-order valence-corrected chi connectivity index (χ3v) is 3.39.